The van der Waals surface area contributed by atoms with Crippen LogP contribution >= 0.6 is 7.92 Å². The molecule has 0 N–H and O–H groups in total. The van der Waals surface area contributed by atoms with Gasteiger partial charge in [0.1, 0.15) is 0 Å². The van der Waals surface area contributed by atoms with Crippen LogP contribution < -0.4 is 15.9 Å². The molecular weight excluding hydrogens is 664 g/mol. The van der Waals surface area contributed by atoms with E-state index < -0.39 is 16.0 Å². The van der Waals surface area contributed by atoms with Gasteiger partial charge >= 0.3 is 11.3 Å². The Kier molecular flexibility index (Phi) is 13.5. The Morgan fingerprint density at radius 1 is 0.541 bits per heavy atom. The second kappa shape index (κ2) is 16.0. The Morgan fingerprint density at radius 2 is 0.892 bits per heavy atom. The minimum absolute atomic E-state index is 0. The van der Waals surface area contributed by atoms with Crippen LogP contribution in [0.1, 0.15) is 5.56 Å². The molecule has 4 aromatic carbocycles. The summed E-state index contributed by atoms with van der Waals surface area (Å²) in [5.74, 6) is 1.43. The van der Waals surface area contributed by atoms with Crippen molar-refractivity contribution >= 4 is 31.9 Å². The minimum atomic E-state index is -1.21. The number of hydrogen-bond acceptors (Lipinski definition) is 0. The van der Waals surface area contributed by atoms with Gasteiger partial charge in [-0.2, -0.15) is 0 Å². The fourth-order valence-corrected chi connectivity index (χ4v) is 8.06. The molecule has 1 aliphatic carbocycles. The summed E-state index contributed by atoms with van der Waals surface area (Å²) in [5, 5.41) is 4.19. The molecule has 5 rings (SSSR count). The molecule has 4 heteroatoms. The van der Waals surface area contributed by atoms with Gasteiger partial charge in [0.2, 0.25) is 0 Å². The third-order valence-electron chi connectivity index (χ3n) is 5.75. The maximum atomic E-state index is 7.50. The summed E-state index contributed by atoms with van der Waals surface area (Å²) in [7, 11) is -1.65. The van der Waals surface area contributed by atoms with Gasteiger partial charge in [0, 0.05) is 26.0 Å². The average Bonchev–Trinajstić information content (AvgIpc) is 3.44. The summed E-state index contributed by atoms with van der Waals surface area (Å²) in [6.45, 7) is 11.7. The van der Waals surface area contributed by atoms with E-state index in [2.05, 4.69) is 167 Å². The minimum Gasteiger partial charge on any atom is -0.0622 e. The van der Waals surface area contributed by atoms with Crippen LogP contribution in [0.2, 0.25) is 19.6 Å². The summed E-state index contributed by atoms with van der Waals surface area (Å²) in [6, 6.07) is 43.0. The van der Waals surface area contributed by atoms with Gasteiger partial charge in [0.25, 0.3) is 0 Å². The van der Waals surface area contributed by atoms with Gasteiger partial charge in [-0.05, 0) is 54.2 Å². The monoisotopic (exact) mass is 696 g/mol. The fourth-order valence-electron chi connectivity index (χ4n) is 4.12. The molecule has 188 valence electrons. The quantitative estimate of drug-likeness (QED) is 0.0920. The van der Waals surface area contributed by atoms with Crippen molar-refractivity contribution in [2.75, 3.05) is 0 Å². The van der Waals surface area contributed by atoms with Crippen molar-refractivity contribution in [3.05, 3.63) is 164 Å². The molecule has 0 atom stereocenters. The molecule has 0 aliphatic heterocycles. The molecule has 0 saturated heterocycles. The number of hydrogen-bond donors (Lipinski definition) is 0. The van der Waals surface area contributed by atoms with E-state index >= 15 is 0 Å². The van der Waals surface area contributed by atoms with Gasteiger partial charge in [-0.3, -0.25) is 0 Å². The predicted molar refractivity (Wildman–Crippen MR) is 157 cm³/mol. The summed E-state index contributed by atoms with van der Waals surface area (Å²) >= 11 is 0. The first-order chi connectivity index (χ1) is 17.5. The van der Waals surface area contributed by atoms with Crippen LogP contribution in [0.5, 0.6) is 0 Å². The second-order valence-electron chi connectivity index (χ2n) is 9.31. The fraction of sp³-hybridized carbons (Fsp3) is 0.0909. The zero-order valence-corrected chi connectivity index (χ0v) is 25.8. The average molecular weight is 696 g/mol. The van der Waals surface area contributed by atoms with Gasteiger partial charge in [-0.25, -0.2) is 0 Å². The van der Waals surface area contributed by atoms with Crippen LogP contribution in [0.25, 0.3) is 0 Å². The molecule has 1 fully saturated rings. The summed E-state index contributed by atoms with van der Waals surface area (Å²) < 4.78 is 7.50. The Bertz CT molecular complexity index is 1070. The second-order valence-corrected chi connectivity index (χ2v) is 16.6. The van der Waals surface area contributed by atoms with Crippen molar-refractivity contribution in [2.45, 2.75) is 19.6 Å². The van der Waals surface area contributed by atoms with Crippen molar-refractivity contribution in [3.8, 4) is 0 Å². The van der Waals surface area contributed by atoms with Gasteiger partial charge < -0.3 is 0 Å². The molecule has 1 nitrogen and oxygen atoms in total. The Balaban J connectivity index is 0.000000244. The van der Waals surface area contributed by atoms with E-state index in [1.165, 1.54) is 27.4 Å². The summed E-state index contributed by atoms with van der Waals surface area (Å²) in [6.07, 6.45) is 6.70. The molecule has 0 spiro atoms. The largest absolute Gasteiger partial charge is 0.0622 e. The first kappa shape index (κ1) is 31.1. The van der Waals surface area contributed by atoms with E-state index in [1.54, 1.807) is 5.54 Å². The third-order valence-corrected chi connectivity index (χ3v) is 10.2. The molecule has 0 unspecified atom stereocenters. The topological polar surface area (TPSA) is 19.9 Å². The molecule has 0 aromatic heterocycles. The summed E-state index contributed by atoms with van der Waals surface area (Å²) in [4.78, 5) is 0. The van der Waals surface area contributed by atoms with Crippen molar-refractivity contribution < 1.29 is 24.8 Å². The van der Waals surface area contributed by atoms with E-state index in [1.807, 2.05) is 0 Å². The molecule has 0 amide bonds. The van der Waals surface area contributed by atoms with Crippen molar-refractivity contribution in [1.29, 1.82) is 0 Å². The standard InChI is InChI=1S/C18H15P.C14H17Si.CO.Ir/c1-4-10-16(11-5-1)19(17-12-6-2-7-13-17)18-14-8-3-9-15-18;1-15(2,3)14-11-7-10-13(14)12-8-5-4-6-9-12;1-2;/h1-15H;4-11H,1-3H3;;. The zero-order valence-electron chi connectivity index (χ0n) is 21.5. The molecule has 6 radical (unpaired) electrons. The van der Waals surface area contributed by atoms with Crippen molar-refractivity contribution in [1.82, 2.24) is 0 Å². The number of rotatable bonds is 5. The van der Waals surface area contributed by atoms with Gasteiger partial charge in [-0.1, -0.05) is 141 Å². The summed E-state index contributed by atoms with van der Waals surface area (Å²) in [5.41, 5.74) is 2.91. The molecule has 1 aliphatic rings. The molecule has 4 aromatic rings. The maximum absolute atomic E-state index is 7.50. The Hall–Kier alpha value is -2.08. The molecule has 37 heavy (non-hydrogen) atoms. The zero-order chi connectivity index (χ0) is 25.8. The molecular formula is C33H32IrOPSi. The SMILES string of the molecule is C[Si](C)(C)[C]1[CH][CH][CH][C]1c1ccccc1.[C-]#[O+].[Ir].c1ccc(P(c2ccccc2)c2ccccc2)cc1. The van der Waals surface area contributed by atoms with Crippen molar-refractivity contribution in [3.63, 3.8) is 0 Å². The first-order valence-electron chi connectivity index (χ1n) is 12.0. The third kappa shape index (κ3) is 9.01. The van der Waals surface area contributed by atoms with E-state index in [0.29, 0.717) is 0 Å². The van der Waals surface area contributed by atoms with Gasteiger partial charge in [0.05, 0.1) is 8.07 Å². The predicted octanol–water partition coefficient (Wildman–Crippen LogP) is 7.09. The van der Waals surface area contributed by atoms with Crippen molar-refractivity contribution in [2.24, 2.45) is 0 Å². The van der Waals surface area contributed by atoms with E-state index in [0.717, 1.165) is 0 Å². The molecule has 0 bridgehead atoms. The maximum Gasteiger partial charge on any atom is 0 e. The van der Waals surface area contributed by atoms with Gasteiger partial charge in [-0.15, -0.1) is 0 Å². The normalized spacial score (nSPS) is 13.5. The van der Waals surface area contributed by atoms with Crippen LogP contribution in [0.4, 0.5) is 0 Å². The van der Waals surface area contributed by atoms with E-state index in [-0.39, 0.29) is 20.1 Å². The Morgan fingerprint density at radius 3 is 1.24 bits per heavy atom. The van der Waals surface area contributed by atoms with Gasteiger partial charge in [0.15, 0.2) is 0 Å². The molecule has 1 saturated carbocycles. The van der Waals surface area contributed by atoms with E-state index in [4.69, 9.17) is 4.65 Å². The Labute approximate surface area is 239 Å². The molecule has 0 heterocycles. The number of benzene rings is 4. The first-order valence-corrected chi connectivity index (χ1v) is 16.9. The smallest absolute Gasteiger partial charge is 0 e. The van der Waals surface area contributed by atoms with Crippen LogP contribution in [-0.4, -0.2) is 8.07 Å². The van der Waals surface area contributed by atoms with Crippen LogP contribution in [-0.2, 0) is 24.8 Å². The van der Waals surface area contributed by atoms with E-state index in [9.17, 15) is 0 Å². The van der Waals surface area contributed by atoms with Crippen LogP contribution in [0, 0.1) is 37.4 Å². The van der Waals surface area contributed by atoms with Crippen LogP contribution in [0.3, 0.4) is 0 Å². The van der Waals surface area contributed by atoms with Crippen LogP contribution in [0.15, 0.2) is 121 Å².